The Labute approximate surface area is 104 Å². The van der Waals surface area contributed by atoms with Crippen molar-refractivity contribution in [1.29, 1.82) is 0 Å². The van der Waals surface area contributed by atoms with Crippen molar-refractivity contribution < 1.29 is 13.2 Å². The highest BCUT2D eigenvalue weighted by atomic mass is 19.4. The van der Waals surface area contributed by atoms with Gasteiger partial charge in [0.05, 0.1) is 5.56 Å². The second-order valence-corrected chi connectivity index (χ2v) is 4.99. The summed E-state index contributed by atoms with van der Waals surface area (Å²) in [6.07, 6.45) is 0.889. The summed E-state index contributed by atoms with van der Waals surface area (Å²) in [5.41, 5.74) is 11.7. The van der Waals surface area contributed by atoms with Gasteiger partial charge in [0, 0.05) is 11.4 Å². The van der Waals surface area contributed by atoms with Crippen molar-refractivity contribution in [3.8, 4) is 0 Å². The summed E-state index contributed by atoms with van der Waals surface area (Å²) in [6, 6.07) is 1.97. The number of benzene rings is 1. The van der Waals surface area contributed by atoms with E-state index >= 15 is 0 Å². The van der Waals surface area contributed by atoms with Crippen LogP contribution in [0.15, 0.2) is 12.1 Å². The lowest BCUT2D eigenvalue weighted by Gasteiger charge is -2.16. The van der Waals surface area contributed by atoms with Gasteiger partial charge in [-0.05, 0) is 30.0 Å². The van der Waals surface area contributed by atoms with E-state index in [-0.39, 0.29) is 11.4 Å². The van der Waals surface area contributed by atoms with Crippen LogP contribution in [0.3, 0.4) is 0 Å². The van der Waals surface area contributed by atoms with Crippen molar-refractivity contribution in [2.75, 3.05) is 11.5 Å². The highest BCUT2D eigenvalue weighted by Crippen LogP contribution is 2.37. The molecule has 5 heteroatoms. The molecule has 0 heterocycles. The normalized spacial score (nSPS) is 17.3. The second kappa shape index (κ2) is 4.71. The van der Waals surface area contributed by atoms with Gasteiger partial charge in [0.2, 0.25) is 0 Å². The van der Waals surface area contributed by atoms with Gasteiger partial charge in [0.25, 0.3) is 0 Å². The predicted molar refractivity (Wildman–Crippen MR) is 65.9 cm³/mol. The number of rotatable bonds is 2. The smallest absolute Gasteiger partial charge is 0.398 e. The molecule has 2 rings (SSSR count). The molecule has 1 saturated carbocycles. The van der Waals surface area contributed by atoms with E-state index in [0.29, 0.717) is 17.9 Å². The molecule has 1 aliphatic rings. The number of nitrogen functional groups attached to an aromatic ring is 2. The number of hydrogen-bond acceptors (Lipinski definition) is 2. The maximum absolute atomic E-state index is 12.6. The lowest BCUT2D eigenvalue weighted by atomic mass is 9.94. The molecule has 4 N–H and O–H groups in total. The van der Waals surface area contributed by atoms with Crippen LogP contribution in [0.2, 0.25) is 0 Å². The van der Waals surface area contributed by atoms with Gasteiger partial charge in [-0.15, -0.1) is 0 Å². The summed E-state index contributed by atoms with van der Waals surface area (Å²) in [7, 11) is 0. The van der Waals surface area contributed by atoms with Crippen molar-refractivity contribution in [2.24, 2.45) is 5.92 Å². The van der Waals surface area contributed by atoms with Crippen LogP contribution >= 0.6 is 0 Å². The summed E-state index contributed by atoms with van der Waals surface area (Å²) in [4.78, 5) is 0. The largest absolute Gasteiger partial charge is 0.416 e. The first kappa shape index (κ1) is 13.1. The molecule has 2 nitrogen and oxygen atoms in total. The summed E-state index contributed by atoms with van der Waals surface area (Å²) < 4.78 is 37.7. The molecule has 0 amide bonds. The fourth-order valence-corrected chi connectivity index (χ4v) is 2.62. The lowest BCUT2D eigenvalue weighted by molar-refractivity contribution is -0.137. The fourth-order valence-electron chi connectivity index (χ4n) is 2.62. The Morgan fingerprint density at radius 1 is 1.06 bits per heavy atom. The van der Waals surface area contributed by atoms with Crippen molar-refractivity contribution >= 4 is 11.4 Å². The predicted octanol–water partition coefficient (Wildman–Crippen LogP) is 3.60. The zero-order chi connectivity index (χ0) is 13.3. The summed E-state index contributed by atoms with van der Waals surface area (Å²) in [5.74, 6) is 0.506. The van der Waals surface area contributed by atoms with Gasteiger partial charge in [-0.1, -0.05) is 25.7 Å². The molecule has 100 valence electrons. The van der Waals surface area contributed by atoms with E-state index in [2.05, 4.69) is 0 Å². The molecule has 1 fully saturated rings. The quantitative estimate of drug-likeness (QED) is 0.796. The molecule has 0 radical (unpaired) electrons. The Morgan fingerprint density at radius 2 is 1.56 bits per heavy atom. The number of anilines is 2. The zero-order valence-electron chi connectivity index (χ0n) is 10.1. The van der Waals surface area contributed by atoms with Gasteiger partial charge in [-0.2, -0.15) is 13.2 Å². The van der Waals surface area contributed by atoms with Crippen LogP contribution in [0, 0.1) is 5.92 Å². The van der Waals surface area contributed by atoms with E-state index in [1.807, 2.05) is 0 Å². The molecule has 0 aliphatic heterocycles. The molecule has 0 aromatic heterocycles. The Balaban J connectivity index is 2.26. The maximum atomic E-state index is 12.6. The molecule has 0 saturated heterocycles. The lowest BCUT2D eigenvalue weighted by Crippen LogP contribution is -2.11. The third kappa shape index (κ3) is 2.71. The molecular formula is C13H17F3N2. The van der Waals surface area contributed by atoms with Gasteiger partial charge in [-0.3, -0.25) is 0 Å². The number of nitrogens with two attached hydrogens (primary N) is 2. The Kier molecular flexibility index (Phi) is 3.41. The van der Waals surface area contributed by atoms with E-state index in [1.165, 1.54) is 12.8 Å². The number of halogens is 3. The third-order valence-electron chi connectivity index (χ3n) is 3.61. The van der Waals surface area contributed by atoms with Crippen LogP contribution in [0.1, 0.15) is 36.8 Å². The minimum atomic E-state index is -4.39. The molecule has 0 atom stereocenters. The number of alkyl halides is 3. The molecule has 0 unspecified atom stereocenters. The Hall–Kier alpha value is -1.39. The molecule has 0 spiro atoms. The third-order valence-corrected chi connectivity index (χ3v) is 3.61. The van der Waals surface area contributed by atoms with Crippen molar-refractivity contribution in [3.63, 3.8) is 0 Å². The van der Waals surface area contributed by atoms with Crippen LogP contribution in [0.5, 0.6) is 0 Å². The summed E-state index contributed by atoms with van der Waals surface area (Å²) >= 11 is 0. The fraction of sp³-hybridized carbons (Fsp3) is 0.538. The molecule has 1 aliphatic carbocycles. The van der Waals surface area contributed by atoms with E-state index in [1.54, 1.807) is 0 Å². The second-order valence-electron chi connectivity index (χ2n) is 4.99. The molecule has 0 bridgehead atoms. The SMILES string of the molecule is Nc1cc(C(F)(F)F)cc(N)c1CC1CCCC1. The first-order valence-corrected chi connectivity index (χ1v) is 6.13. The van der Waals surface area contributed by atoms with Gasteiger partial charge >= 0.3 is 6.18 Å². The Morgan fingerprint density at radius 3 is 2.00 bits per heavy atom. The van der Waals surface area contributed by atoms with Crippen molar-refractivity contribution in [3.05, 3.63) is 23.3 Å². The maximum Gasteiger partial charge on any atom is 0.416 e. The molecular weight excluding hydrogens is 241 g/mol. The van der Waals surface area contributed by atoms with Crippen LogP contribution in [-0.2, 0) is 12.6 Å². The minimum Gasteiger partial charge on any atom is -0.398 e. The van der Waals surface area contributed by atoms with E-state index < -0.39 is 11.7 Å². The van der Waals surface area contributed by atoms with Crippen LogP contribution in [0.25, 0.3) is 0 Å². The van der Waals surface area contributed by atoms with E-state index in [9.17, 15) is 13.2 Å². The average Bonchev–Trinajstić information content (AvgIpc) is 2.74. The average molecular weight is 258 g/mol. The highest BCUT2D eigenvalue weighted by Gasteiger charge is 2.32. The zero-order valence-corrected chi connectivity index (χ0v) is 10.1. The first-order chi connectivity index (χ1) is 8.38. The van der Waals surface area contributed by atoms with E-state index in [4.69, 9.17) is 11.5 Å². The first-order valence-electron chi connectivity index (χ1n) is 6.13. The van der Waals surface area contributed by atoms with Crippen LogP contribution in [-0.4, -0.2) is 0 Å². The summed E-state index contributed by atoms with van der Waals surface area (Å²) in [6.45, 7) is 0. The van der Waals surface area contributed by atoms with Gasteiger partial charge in [-0.25, -0.2) is 0 Å². The molecule has 18 heavy (non-hydrogen) atoms. The van der Waals surface area contributed by atoms with E-state index in [0.717, 1.165) is 25.0 Å². The summed E-state index contributed by atoms with van der Waals surface area (Å²) in [5, 5.41) is 0. The topological polar surface area (TPSA) is 52.0 Å². The minimum absolute atomic E-state index is 0.161. The molecule has 1 aromatic carbocycles. The van der Waals surface area contributed by atoms with Crippen molar-refractivity contribution in [2.45, 2.75) is 38.3 Å². The molecule has 1 aromatic rings. The van der Waals surface area contributed by atoms with Gasteiger partial charge in [0.1, 0.15) is 0 Å². The standard InChI is InChI=1S/C13H17F3N2/c14-13(15,16)9-6-11(17)10(12(18)7-9)5-8-3-1-2-4-8/h6-8H,1-5,17-18H2. The van der Waals surface area contributed by atoms with Crippen molar-refractivity contribution in [1.82, 2.24) is 0 Å². The monoisotopic (exact) mass is 258 g/mol. The Bertz CT molecular complexity index is 411. The van der Waals surface area contributed by atoms with Gasteiger partial charge < -0.3 is 11.5 Å². The highest BCUT2D eigenvalue weighted by molar-refractivity contribution is 5.64. The number of hydrogen-bond donors (Lipinski definition) is 2. The van der Waals surface area contributed by atoms with Crippen LogP contribution < -0.4 is 11.5 Å². The van der Waals surface area contributed by atoms with Gasteiger partial charge in [0.15, 0.2) is 0 Å². The van der Waals surface area contributed by atoms with Crippen LogP contribution in [0.4, 0.5) is 24.5 Å².